The first kappa shape index (κ1) is 36.6. The summed E-state index contributed by atoms with van der Waals surface area (Å²) in [5, 5.41) is 0. The summed E-state index contributed by atoms with van der Waals surface area (Å²) in [5.74, 6) is 0.648. The quantitative estimate of drug-likeness (QED) is 0.155. The standard InChI is InChI=1S/C61H47N/c1-4-17-42(18-5-1)43-31-35-47(36-32-43)62(48-37-33-46(34-38-48)60-50(44-19-6-2-7-20-44)26-16-27-51(60)45-21-8-3-9-22-45)49-39-40-55-54-25-12-15-30-58(54)61(59(55)41-49)56-28-13-10-23-52(56)53-24-11-14-29-57(53)61/h2-3,6-16,19-42H,1,4-5,17-18H2. The van der Waals surface area contributed by atoms with Gasteiger partial charge in [0.15, 0.2) is 0 Å². The Morgan fingerprint density at radius 2 is 0.758 bits per heavy atom. The molecule has 0 radical (unpaired) electrons. The van der Waals surface area contributed by atoms with Crippen LogP contribution in [0.4, 0.5) is 17.1 Å². The molecule has 3 aliphatic carbocycles. The van der Waals surface area contributed by atoms with Crippen molar-refractivity contribution in [3.63, 3.8) is 0 Å². The lowest BCUT2D eigenvalue weighted by molar-refractivity contribution is 0.443. The molecular weight excluding hydrogens is 747 g/mol. The van der Waals surface area contributed by atoms with E-state index in [1.165, 1.54) is 121 Å². The van der Waals surface area contributed by atoms with Crippen molar-refractivity contribution in [3.05, 3.63) is 246 Å². The Hall–Kier alpha value is -7.22. The van der Waals surface area contributed by atoms with E-state index in [-0.39, 0.29) is 0 Å². The second kappa shape index (κ2) is 15.0. The van der Waals surface area contributed by atoms with Crippen molar-refractivity contribution in [1.82, 2.24) is 0 Å². The van der Waals surface area contributed by atoms with Gasteiger partial charge >= 0.3 is 0 Å². The van der Waals surface area contributed by atoms with Gasteiger partial charge in [0.25, 0.3) is 0 Å². The van der Waals surface area contributed by atoms with Crippen LogP contribution in [-0.4, -0.2) is 0 Å². The van der Waals surface area contributed by atoms with Gasteiger partial charge in [0.2, 0.25) is 0 Å². The third-order valence-corrected chi connectivity index (χ3v) is 14.1. The Bertz CT molecular complexity index is 2960. The monoisotopic (exact) mass is 793 g/mol. The lowest BCUT2D eigenvalue weighted by Gasteiger charge is -2.32. The molecular formula is C61H47N. The van der Waals surface area contributed by atoms with Crippen LogP contribution in [0.1, 0.15) is 65.8 Å². The zero-order valence-corrected chi connectivity index (χ0v) is 34.8. The van der Waals surface area contributed by atoms with Crippen molar-refractivity contribution in [3.8, 4) is 55.6 Å². The Kier molecular flexibility index (Phi) is 8.89. The summed E-state index contributed by atoms with van der Waals surface area (Å²) < 4.78 is 0. The minimum absolute atomic E-state index is 0.412. The van der Waals surface area contributed by atoms with Crippen LogP contribution in [0.15, 0.2) is 218 Å². The molecule has 0 atom stereocenters. The van der Waals surface area contributed by atoms with E-state index in [4.69, 9.17) is 0 Å². The van der Waals surface area contributed by atoms with Gasteiger partial charge in [-0.25, -0.2) is 0 Å². The highest BCUT2D eigenvalue weighted by Crippen LogP contribution is 2.63. The van der Waals surface area contributed by atoms with Crippen LogP contribution in [0, 0.1) is 0 Å². The topological polar surface area (TPSA) is 3.24 Å². The lowest BCUT2D eigenvalue weighted by atomic mass is 9.70. The Morgan fingerprint density at radius 3 is 1.29 bits per heavy atom. The van der Waals surface area contributed by atoms with Gasteiger partial charge in [-0.1, -0.05) is 201 Å². The molecule has 1 spiro atoms. The molecule has 0 heterocycles. The molecule has 1 nitrogen and oxygen atoms in total. The molecule has 9 aromatic carbocycles. The van der Waals surface area contributed by atoms with Crippen LogP contribution in [0.25, 0.3) is 55.6 Å². The Morgan fingerprint density at radius 1 is 0.323 bits per heavy atom. The minimum atomic E-state index is -0.412. The zero-order valence-electron chi connectivity index (χ0n) is 34.8. The van der Waals surface area contributed by atoms with E-state index in [2.05, 4.69) is 223 Å². The average Bonchev–Trinajstić information content (AvgIpc) is 3.82. The molecule has 1 fully saturated rings. The van der Waals surface area contributed by atoms with Gasteiger partial charge in [-0.15, -0.1) is 0 Å². The highest BCUT2D eigenvalue weighted by Gasteiger charge is 2.51. The number of rotatable bonds is 7. The number of anilines is 3. The third kappa shape index (κ3) is 5.76. The first-order valence-corrected chi connectivity index (χ1v) is 22.5. The normalized spacial score (nSPS) is 14.5. The van der Waals surface area contributed by atoms with Crippen molar-refractivity contribution < 1.29 is 0 Å². The van der Waals surface area contributed by atoms with Crippen LogP contribution in [0.2, 0.25) is 0 Å². The largest absolute Gasteiger partial charge is 0.310 e. The molecule has 0 N–H and O–H groups in total. The minimum Gasteiger partial charge on any atom is -0.310 e. The SMILES string of the molecule is c1ccc(-c2cccc(-c3ccccc3)c2-c2ccc(N(c3ccc(C4CCCCC4)cc3)c3ccc4c(c3)C3(c5ccccc5-c5ccccc53)c3ccccc3-4)cc2)cc1. The molecule has 0 bridgehead atoms. The van der Waals surface area contributed by atoms with Gasteiger partial charge in [0.1, 0.15) is 0 Å². The number of nitrogens with zero attached hydrogens (tertiary/aromatic N) is 1. The van der Waals surface area contributed by atoms with E-state index in [1.54, 1.807) is 0 Å². The third-order valence-electron chi connectivity index (χ3n) is 14.1. The molecule has 9 aromatic rings. The van der Waals surface area contributed by atoms with Crippen molar-refractivity contribution >= 4 is 17.1 Å². The first-order chi connectivity index (χ1) is 30.8. The molecule has 0 aromatic heterocycles. The zero-order chi connectivity index (χ0) is 41.0. The second-order valence-electron chi connectivity index (χ2n) is 17.4. The van der Waals surface area contributed by atoms with Crippen LogP contribution >= 0.6 is 0 Å². The smallest absolute Gasteiger partial charge is 0.0726 e. The second-order valence-corrected chi connectivity index (χ2v) is 17.4. The fraction of sp³-hybridized carbons (Fsp3) is 0.115. The highest BCUT2D eigenvalue weighted by molar-refractivity contribution is 5.97. The van der Waals surface area contributed by atoms with E-state index >= 15 is 0 Å². The predicted octanol–water partition coefficient (Wildman–Crippen LogP) is 16.5. The molecule has 0 unspecified atom stereocenters. The van der Waals surface area contributed by atoms with E-state index in [9.17, 15) is 0 Å². The summed E-state index contributed by atoms with van der Waals surface area (Å²) in [6.45, 7) is 0. The van der Waals surface area contributed by atoms with Crippen LogP contribution in [0.5, 0.6) is 0 Å². The molecule has 3 aliphatic rings. The summed E-state index contributed by atoms with van der Waals surface area (Å²) in [6, 6.07) is 81.8. The fourth-order valence-electron chi connectivity index (χ4n) is 11.4. The van der Waals surface area contributed by atoms with Gasteiger partial charge in [-0.05, 0) is 139 Å². The predicted molar refractivity (Wildman–Crippen MR) is 260 cm³/mol. The average molecular weight is 794 g/mol. The van der Waals surface area contributed by atoms with Gasteiger partial charge < -0.3 is 4.90 Å². The number of fused-ring (bicyclic) bond motifs is 10. The summed E-state index contributed by atoms with van der Waals surface area (Å²) in [6.07, 6.45) is 6.60. The molecule has 1 saturated carbocycles. The molecule has 0 amide bonds. The van der Waals surface area contributed by atoms with Crippen molar-refractivity contribution in [2.75, 3.05) is 4.90 Å². The Labute approximate surface area is 365 Å². The van der Waals surface area contributed by atoms with Gasteiger partial charge in [0, 0.05) is 17.1 Å². The van der Waals surface area contributed by atoms with Gasteiger partial charge in [0.05, 0.1) is 5.41 Å². The fourth-order valence-corrected chi connectivity index (χ4v) is 11.4. The maximum absolute atomic E-state index is 2.51. The maximum Gasteiger partial charge on any atom is 0.0726 e. The lowest BCUT2D eigenvalue weighted by Crippen LogP contribution is -2.26. The van der Waals surface area contributed by atoms with Crippen molar-refractivity contribution in [2.24, 2.45) is 0 Å². The van der Waals surface area contributed by atoms with E-state index in [1.807, 2.05) is 0 Å². The molecule has 12 rings (SSSR count). The first-order valence-electron chi connectivity index (χ1n) is 22.5. The molecule has 296 valence electrons. The molecule has 0 aliphatic heterocycles. The Balaban J connectivity index is 1.04. The summed E-state index contributed by atoms with van der Waals surface area (Å²) in [5.41, 5.74) is 22.6. The van der Waals surface area contributed by atoms with E-state index < -0.39 is 5.41 Å². The van der Waals surface area contributed by atoms with Crippen LogP contribution < -0.4 is 4.90 Å². The summed E-state index contributed by atoms with van der Waals surface area (Å²) in [4.78, 5) is 2.49. The molecule has 62 heavy (non-hydrogen) atoms. The maximum atomic E-state index is 2.51. The van der Waals surface area contributed by atoms with Crippen LogP contribution in [0.3, 0.4) is 0 Å². The number of hydrogen-bond donors (Lipinski definition) is 0. The van der Waals surface area contributed by atoms with E-state index in [0.717, 1.165) is 11.4 Å². The van der Waals surface area contributed by atoms with E-state index in [0.29, 0.717) is 5.92 Å². The highest BCUT2D eigenvalue weighted by atomic mass is 15.1. The summed E-state index contributed by atoms with van der Waals surface area (Å²) in [7, 11) is 0. The van der Waals surface area contributed by atoms with Gasteiger partial charge in [-0.3, -0.25) is 0 Å². The molecule has 0 saturated heterocycles. The molecule has 1 heteroatoms. The van der Waals surface area contributed by atoms with Crippen LogP contribution in [-0.2, 0) is 5.41 Å². The van der Waals surface area contributed by atoms with Crippen molar-refractivity contribution in [1.29, 1.82) is 0 Å². The summed E-state index contributed by atoms with van der Waals surface area (Å²) >= 11 is 0. The number of benzene rings is 9. The van der Waals surface area contributed by atoms with Gasteiger partial charge in [-0.2, -0.15) is 0 Å². The van der Waals surface area contributed by atoms with Crippen molar-refractivity contribution in [2.45, 2.75) is 43.4 Å². The number of hydrogen-bond acceptors (Lipinski definition) is 1.